The molecule has 2 fully saturated rings. The summed E-state index contributed by atoms with van der Waals surface area (Å²) in [5, 5.41) is 4.63. The van der Waals surface area contributed by atoms with Crippen LogP contribution in [0.5, 0.6) is 0 Å². The number of halogens is 2. The van der Waals surface area contributed by atoms with Gasteiger partial charge in [0.2, 0.25) is 0 Å². The van der Waals surface area contributed by atoms with Crippen molar-refractivity contribution in [3.8, 4) is 0 Å². The Bertz CT molecular complexity index is 1060. The molecule has 7 nitrogen and oxygen atoms in total. The predicted octanol–water partition coefficient (Wildman–Crippen LogP) is 4.62. The summed E-state index contributed by atoms with van der Waals surface area (Å²) >= 11 is 0. The van der Waals surface area contributed by atoms with Gasteiger partial charge in [-0.25, -0.2) is 13.8 Å². The topological polar surface area (TPSA) is 55.7 Å². The molecule has 0 radical (unpaired) electrons. The summed E-state index contributed by atoms with van der Waals surface area (Å²) in [4.78, 5) is 8.86. The van der Waals surface area contributed by atoms with Gasteiger partial charge < -0.3 is 19.3 Å². The molecule has 0 bridgehead atoms. The lowest BCUT2D eigenvalue weighted by Gasteiger charge is -2.54. The Morgan fingerprint density at radius 3 is 2.43 bits per heavy atom. The number of anilines is 2. The standard InChI is InChI=1S/C26H37F2N5O2/c1-5-8-19-20(31(6-2)7-3)13-21(30-22(19)24(27)28)32-11-9-26(10-12-32)23-18(4)14-29-33(23)15-25(35-26)16-34-17-25/h13-14,24H,5-12,15-17H2,1-4H3. The molecule has 5 heterocycles. The highest BCUT2D eigenvalue weighted by Crippen LogP contribution is 2.48. The zero-order valence-electron chi connectivity index (χ0n) is 21.3. The molecule has 2 spiro atoms. The van der Waals surface area contributed by atoms with E-state index < -0.39 is 12.0 Å². The van der Waals surface area contributed by atoms with E-state index in [0.29, 0.717) is 50.7 Å². The largest absolute Gasteiger partial charge is 0.375 e. The van der Waals surface area contributed by atoms with Gasteiger partial charge in [-0.05, 0) is 45.6 Å². The van der Waals surface area contributed by atoms with Crippen molar-refractivity contribution in [3.63, 3.8) is 0 Å². The van der Waals surface area contributed by atoms with Crippen molar-refractivity contribution in [2.24, 2.45) is 0 Å². The highest BCUT2D eigenvalue weighted by atomic mass is 19.3. The average molecular weight is 490 g/mol. The highest BCUT2D eigenvalue weighted by Gasteiger charge is 2.55. The monoisotopic (exact) mass is 489 g/mol. The SMILES string of the molecule is CCCc1c(N(CC)CC)cc(N2CCC3(CC2)OC2(COC2)Cn2ncc(C)c23)nc1C(F)F. The van der Waals surface area contributed by atoms with Gasteiger partial charge in [-0.3, -0.25) is 4.68 Å². The molecule has 5 rings (SSSR count). The van der Waals surface area contributed by atoms with Crippen molar-refractivity contribution in [2.45, 2.75) is 77.6 Å². The minimum absolute atomic E-state index is 0.0695. The Hall–Kier alpha value is -2.26. The van der Waals surface area contributed by atoms with Crippen LogP contribution >= 0.6 is 0 Å². The molecular formula is C26H37F2N5O2. The quantitative estimate of drug-likeness (QED) is 0.566. The lowest BCUT2D eigenvalue weighted by molar-refractivity contribution is -0.291. The van der Waals surface area contributed by atoms with Gasteiger partial charge in [0.25, 0.3) is 6.43 Å². The highest BCUT2D eigenvalue weighted by molar-refractivity contribution is 5.63. The lowest BCUT2D eigenvalue weighted by Crippen LogP contribution is -2.64. The van der Waals surface area contributed by atoms with Crippen molar-refractivity contribution in [1.29, 1.82) is 0 Å². The van der Waals surface area contributed by atoms with Crippen LogP contribution in [0.1, 0.15) is 69.0 Å². The molecule has 0 N–H and O–H groups in total. The van der Waals surface area contributed by atoms with Crippen molar-refractivity contribution in [3.05, 3.63) is 34.8 Å². The summed E-state index contributed by atoms with van der Waals surface area (Å²) in [6.45, 7) is 13.0. The van der Waals surface area contributed by atoms with Gasteiger partial charge in [0.1, 0.15) is 22.7 Å². The molecule has 0 atom stereocenters. The molecular weight excluding hydrogens is 452 g/mol. The van der Waals surface area contributed by atoms with Crippen LogP contribution in [0.15, 0.2) is 12.3 Å². The molecule has 2 saturated heterocycles. The van der Waals surface area contributed by atoms with E-state index >= 15 is 0 Å². The Morgan fingerprint density at radius 1 is 1.14 bits per heavy atom. The third-order valence-corrected chi connectivity index (χ3v) is 7.86. The molecule has 0 aliphatic carbocycles. The van der Waals surface area contributed by atoms with Crippen molar-refractivity contribution >= 4 is 11.5 Å². The van der Waals surface area contributed by atoms with Crippen LogP contribution in [0, 0.1) is 6.92 Å². The second kappa shape index (κ2) is 9.32. The number of nitrogens with zero attached hydrogens (tertiary/aromatic N) is 5. The van der Waals surface area contributed by atoms with Crippen LogP contribution in [0.4, 0.5) is 20.3 Å². The van der Waals surface area contributed by atoms with E-state index in [1.54, 1.807) is 0 Å². The van der Waals surface area contributed by atoms with E-state index in [0.717, 1.165) is 49.3 Å². The number of hydrogen-bond donors (Lipinski definition) is 0. The number of ether oxygens (including phenoxy) is 2. The van der Waals surface area contributed by atoms with Crippen LogP contribution in [-0.4, -0.2) is 59.8 Å². The summed E-state index contributed by atoms with van der Waals surface area (Å²) < 4.78 is 42.9. The first-order valence-electron chi connectivity index (χ1n) is 13.0. The molecule has 0 amide bonds. The van der Waals surface area contributed by atoms with Crippen LogP contribution < -0.4 is 9.80 Å². The zero-order valence-corrected chi connectivity index (χ0v) is 21.3. The fraction of sp³-hybridized carbons (Fsp3) is 0.692. The first-order chi connectivity index (χ1) is 16.8. The first kappa shape index (κ1) is 24.4. The number of alkyl halides is 2. The minimum Gasteiger partial charge on any atom is -0.375 e. The van der Waals surface area contributed by atoms with Gasteiger partial charge >= 0.3 is 0 Å². The summed E-state index contributed by atoms with van der Waals surface area (Å²) in [6.07, 6.45) is 2.23. The van der Waals surface area contributed by atoms with Gasteiger partial charge in [0, 0.05) is 43.5 Å². The van der Waals surface area contributed by atoms with E-state index in [2.05, 4.69) is 45.3 Å². The maximum Gasteiger partial charge on any atom is 0.280 e. The van der Waals surface area contributed by atoms with Crippen molar-refractivity contribution < 1.29 is 18.3 Å². The minimum atomic E-state index is -2.60. The summed E-state index contributed by atoms with van der Waals surface area (Å²) in [6, 6.07) is 2.03. The number of piperidine rings is 1. The Balaban J connectivity index is 1.47. The molecule has 3 aliphatic rings. The number of aromatic nitrogens is 3. The number of aryl methyl sites for hydroxylation is 1. The zero-order chi connectivity index (χ0) is 24.8. The molecule has 192 valence electrons. The van der Waals surface area contributed by atoms with Crippen LogP contribution in [0.3, 0.4) is 0 Å². The smallest absolute Gasteiger partial charge is 0.280 e. The summed E-state index contributed by atoms with van der Waals surface area (Å²) in [5.41, 5.74) is 3.05. The van der Waals surface area contributed by atoms with E-state index in [9.17, 15) is 8.78 Å². The third-order valence-electron chi connectivity index (χ3n) is 7.86. The number of rotatable bonds is 7. The summed E-state index contributed by atoms with van der Waals surface area (Å²) in [7, 11) is 0. The Morgan fingerprint density at radius 2 is 1.86 bits per heavy atom. The van der Waals surface area contributed by atoms with Crippen molar-refractivity contribution in [1.82, 2.24) is 14.8 Å². The second-order valence-corrected chi connectivity index (χ2v) is 10.2. The molecule has 2 aromatic heterocycles. The Labute approximate surface area is 206 Å². The Kier molecular flexibility index (Phi) is 6.50. The third kappa shape index (κ3) is 4.10. The van der Waals surface area contributed by atoms with Gasteiger partial charge in [-0.1, -0.05) is 13.3 Å². The van der Waals surface area contributed by atoms with E-state index in [-0.39, 0.29) is 11.3 Å². The lowest BCUT2D eigenvalue weighted by atomic mass is 9.82. The second-order valence-electron chi connectivity index (χ2n) is 10.2. The van der Waals surface area contributed by atoms with E-state index in [4.69, 9.17) is 9.47 Å². The number of hydrogen-bond acceptors (Lipinski definition) is 6. The molecule has 2 aromatic rings. The van der Waals surface area contributed by atoms with E-state index in [1.807, 2.05) is 19.2 Å². The molecule has 35 heavy (non-hydrogen) atoms. The molecule has 0 aromatic carbocycles. The predicted molar refractivity (Wildman–Crippen MR) is 131 cm³/mol. The van der Waals surface area contributed by atoms with Crippen molar-refractivity contribution in [2.75, 3.05) is 49.2 Å². The van der Waals surface area contributed by atoms with E-state index in [1.165, 1.54) is 0 Å². The number of pyridine rings is 1. The van der Waals surface area contributed by atoms with Crippen LogP contribution in [0.2, 0.25) is 0 Å². The normalized spacial score (nSPS) is 20.4. The maximum atomic E-state index is 14.2. The summed E-state index contributed by atoms with van der Waals surface area (Å²) in [5.74, 6) is 0.639. The average Bonchev–Trinajstić information content (AvgIpc) is 3.21. The fourth-order valence-corrected chi connectivity index (χ4v) is 6.14. The molecule has 9 heteroatoms. The van der Waals surface area contributed by atoms with Crippen LogP contribution in [-0.2, 0) is 28.0 Å². The maximum absolute atomic E-state index is 14.2. The molecule has 0 unspecified atom stereocenters. The first-order valence-corrected chi connectivity index (χ1v) is 13.0. The number of fused-ring (bicyclic) bond motifs is 2. The fourth-order valence-electron chi connectivity index (χ4n) is 6.14. The van der Waals surface area contributed by atoms with Gasteiger partial charge in [-0.15, -0.1) is 0 Å². The van der Waals surface area contributed by atoms with Gasteiger partial charge in [0.15, 0.2) is 0 Å². The van der Waals surface area contributed by atoms with Gasteiger partial charge in [0.05, 0.1) is 31.6 Å². The van der Waals surface area contributed by atoms with Crippen LogP contribution in [0.25, 0.3) is 0 Å². The molecule has 3 aliphatic heterocycles. The van der Waals surface area contributed by atoms with Gasteiger partial charge in [-0.2, -0.15) is 5.10 Å². The molecule has 0 saturated carbocycles.